The van der Waals surface area contributed by atoms with Crippen LogP contribution in [-0.4, -0.2) is 52.6 Å². The fourth-order valence-corrected chi connectivity index (χ4v) is 4.18. The molecule has 1 aliphatic rings. The largest absolute Gasteiger partial charge is 0.340 e. The minimum absolute atomic E-state index is 0.178. The minimum atomic E-state index is -0.245. The van der Waals surface area contributed by atoms with E-state index in [4.69, 9.17) is 10.2 Å². The van der Waals surface area contributed by atoms with Crippen molar-refractivity contribution in [3.05, 3.63) is 46.8 Å². The third kappa shape index (κ3) is 2.91. The number of rotatable bonds is 3. The summed E-state index contributed by atoms with van der Waals surface area (Å²) < 4.78 is 4.73. The molecular weight excluding hydrogens is 410 g/mol. The molecule has 1 saturated heterocycles. The van der Waals surface area contributed by atoms with Gasteiger partial charge in [0.05, 0.1) is 47.2 Å². The number of likely N-dealkylation sites (tertiary alicyclic amines) is 1. The van der Waals surface area contributed by atoms with Crippen molar-refractivity contribution in [2.45, 2.75) is 18.9 Å². The van der Waals surface area contributed by atoms with Crippen LogP contribution in [0.5, 0.6) is 0 Å². The first-order valence-electron chi connectivity index (χ1n) is 9.98. The lowest BCUT2D eigenvalue weighted by Crippen LogP contribution is -2.31. The molecule has 11 nitrogen and oxygen atoms in total. The molecule has 0 bridgehead atoms. The lowest BCUT2D eigenvalue weighted by atomic mass is 10.2. The lowest BCUT2D eigenvalue weighted by Gasteiger charge is -2.15. The van der Waals surface area contributed by atoms with Crippen LogP contribution in [0.3, 0.4) is 0 Å². The van der Waals surface area contributed by atoms with E-state index < -0.39 is 0 Å². The average molecular weight is 427 g/mol. The highest BCUT2D eigenvalue weighted by Gasteiger charge is 2.30. The van der Waals surface area contributed by atoms with Gasteiger partial charge in [-0.1, -0.05) is 0 Å². The fraction of sp³-hybridized carbons (Fsp3) is 0.286. The van der Waals surface area contributed by atoms with Crippen LogP contribution in [0.2, 0.25) is 0 Å². The Morgan fingerprint density at radius 1 is 1.28 bits per heavy atom. The smallest absolute Gasteiger partial charge is 0.330 e. The topological polar surface area (TPSA) is 138 Å². The number of nitriles is 2. The number of imidazole rings is 1. The number of aryl methyl sites for hydroxylation is 1. The molecule has 0 N–H and O–H groups in total. The summed E-state index contributed by atoms with van der Waals surface area (Å²) in [6.45, 7) is 0.831. The molecule has 0 spiro atoms. The number of hydrogen-bond acceptors (Lipinski definition) is 7. The first-order valence-corrected chi connectivity index (χ1v) is 9.98. The summed E-state index contributed by atoms with van der Waals surface area (Å²) in [5.74, 6) is 0.149. The van der Waals surface area contributed by atoms with Gasteiger partial charge in [-0.25, -0.2) is 19.3 Å². The van der Waals surface area contributed by atoms with Crippen molar-refractivity contribution in [3.8, 4) is 23.5 Å². The summed E-state index contributed by atoms with van der Waals surface area (Å²) in [6.07, 6.45) is 5.34. The van der Waals surface area contributed by atoms with Crippen LogP contribution in [-0.2, 0) is 11.8 Å². The van der Waals surface area contributed by atoms with E-state index in [1.54, 1.807) is 51.8 Å². The molecule has 4 aromatic heterocycles. The Balaban J connectivity index is 1.61. The molecular formula is C21H17N9O2. The molecule has 5 rings (SSSR count). The molecule has 158 valence electrons. The van der Waals surface area contributed by atoms with Crippen LogP contribution < -0.4 is 5.69 Å². The molecule has 32 heavy (non-hydrogen) atoms. The van der Waals surface area contributed by atoms with Crippen molar-refractivity contribution in [1.29, 1.82) is 10.5 Å². The van der Waals surface area contributed by atoms with E-state index in [0.717, 1.165) is 0 Å². The van der Waals surface area contributed by atoms with Gasteiger partial charge < -0.3 is 4.90 Å². The second-order valence-corrected chi connectivity index (χ2v) is 7.65. The fourth-order valence-electron chi connectivity index (χ4n) is 4.18. The molecule has 11 heteroatoms. The summed E-state index contributed by atoms with van der Waals surface area (Å²) in [5.41, 5.74) is 2.63. The van der Waals surface area contributed by atoms with Gasteiger partial charge in [0.1, 0.15) is 11.9 Å². The predicted octanol–water partition coefficient (Wildman–Crippen LogP) is 1.00. The van der Waals surface area contributed by atoms with E-state index in [0.29, 0.717) is 53.1 Å². The highest BCUT2D eigenvalue weighted by atomic mass is 16.2. The molecule has 1 atom stereocenters. The van der Waals surface area contributed by atoms with Crippen molar-refractivity contribution in [2.75, 3.05) is 13.1 Å². The summed E-state index contributed by atoms with van der Waals surface area (Å²) in [4.78, 5) is 35.9. The summed E-state index contributed by atoms with van der Waals surface area (Å²) in [6, 6.07) is 7.13. The first-order chi connectivity index (χ1) is 15.5. The van der Waals surface area contributed by atoms with Crippen molar-refractivity contribution in [3.63, 3.8) is 0 Å². The molecule has 0 aromatic carbocycles. The maximum atomic E-state index is 13.0. The second-order valence-electron chi connectivity index (χ2n) is 7.65. The Bertz CT molecular complexity index is 1530. The molecule has 0 saturated carbocycles. The van der Waals surface area contributed by atoms with Crippen molar-refractivity contribution >= 4 is 22.6 Å². The Kier molecular flexibility index (Phi) is 4.45. The van der Waals surface area contributed by atoms with Gasteiger partial charge in [0.15, 0.2) is 11.5 Å². The van der Waals surface area contributed by atoms with E-state index >= 15 is 0 Å². The van der Waals surface area contributed by atoms with Crippen molar-refractivity contribution in [2.24, 2.45) is 7.05 Å². The average Bonchev–Trinajstić information content (AvgIpc) is 3.50. The quantitative estimate of drug-likeness (QED) is 0.475. The Hall–Kier alpha value is -4.51. The molecule has 1 amide bonds. The molecule has 0 aliphatic carbocycles. The Morgan fingerprint density at radius 2 is 2.12 bits per heavy atom. The number of nitrogens with zero attached hydrogens (tertiary/aromatic N) is 9. The molecule has 5 heterocycles. The van der Waals surface area contributed by atoms with Gasteiger partial charge in [0, 0.05) is 26.3 Å². The van der Waals surface area contributed by atoms with Gasteiger partial charge in [0.25, 0.3) is 0 Å². The van der Waals surface area contributed by atoms with E-state index in [1.807, 2.05) is 6.07 Å². The molecule has 1 fully saturated rings. The zero-order valence-corrected chi connectivity index (χ0v) is 17.1. The van der Waals surface area contributed by atoms with E-state index in [2.05, 4.69) is 16.2 Å². The third-order valence-electron chi connectivity index (χ3n) is 5.84. The summed E-state index contributed by atoms with van der Waals surface area (Å²) >= 11 is 0. The molecule has 0 radical (unpaired) electrons. The number of pyridine rings is 1. The zero-order chi connectivity index (χ0) is 22.4. The van der Waals surface area contributed by atoms with Gasteiger partial charge in [0.2, 0.25) is 5.91 Å². The number of amides is 1. The van der Waals surface area contributed by atoms with Crippen LogP contribution in [0.25, 0.3) is 28.1 Å². The van der Waals surface area contributed by atoms with Crippen LogP contribution in [0, 0.1) is 22.7 Å². The first kappa shape index (κ1) is 19.5. The number of carbonyl (C=O) groups excluding carboxylic acids is 1. The highest BCUT2D eigenvalue weighted by Crippen LogP contribution is 2.27. The maximum absolute atomic E-state index is 13.0. The van der Waals surface area contributed by atoms with Gasteiger partial charge in [-0.05, 0) is 18.6 Å². The van der Waals surface area contributed by atoms with E-state index in [9.17, 15) is 14.9 Å². The van der Waals surface area contributed by atoms with Gasteiger partial charge in [-0.15, -0.1) is 0 Å². The molecule has 1 unspecified atom stereocenters. The van der Waals surface area contributed by atoms with Crippen LogP contribution in [0.1, 0.15) is 24.4 Å². The molecule has 1 aliphatic heterocycles. The predicted molar refractivity (Wildman–Crippen MR) is 112 cm³/mol. The minimum Gasteiger partial charge on any atom is -0.340 e. The lowest BCUT2D eigenvalue weighted by molar-refractivity contribution is -0.129. The van der Waals surface area contributed by atoms with Gasteiger partial charge in [-0.2, -0.15) is 15.6 Å². The van der Waals surface area contributed by atoms with E-state index in [-0.39, 0.29) is 24.1 Å². The SMILES string of the molecule is Cn1c(=O)n(C2CCN(C(=O)CC#N)C2)c2nc(-c3cnn4ccc(C#N)cc34)ncc21. The Labute approximate surface area is 181 Å². The Morgan fingerprint density at radius 3 is 2.91 bits per heavy atom. The van der Waals surface area contributed by atoms with Crippen molar-refractivity contribution in [1.82, 2.24) is 33.6 Å². The monoisotopic (exact) mass is 427 g/mol. The highest BCUT2D eigenvalue weighted by molar-refractivity contribution is 5.81. The normalized spacial score (nSPS) is 15.8. The zero-order valence-electron chi connectivity index (χ0n) is 17.1. The van der Waals surface area contributed by atoms with Gasteiger partial charge in [-0.3, -0.25) is 13.9 Å². The second kappa shape index (κ2) is 7.32. The summed E-state index contributed by atoms with van der Waals surface area (Å²) in [5, 5.41) is 22.3. The van der Waals surface area contributed by atoms with Crippen LogP contribution in [0.4, 0.5) is 0 Å². The number of fused-ring (bicyclic) bond motifs is 2. The number of carbonyl (C=O) groups is 1. The number of aromatic nitrogens is 6. The number of hydrogen-bond donors (Lipinski definition) is 0. The third-order valence-corrected chi connectivity index (χ3v) is 5.84. The van der Waals surface area contributed by atoms with Crippen LogP contribution >= 0.6 is 0 Å². The molecule has 4 aromatic rings. The van der Waals surface area contributed by atoms with Crippen molar-refractivity contribution < 1.29 is 4.79 Å². The van der Waals surface area contributed by atoms with Crippen LogP contribution in [0.15, 0.2) is 35.5 Å². The standard InChI is InChI=1S/C21H17N9O2/c1-27-17-11-24-19(15-10-25-29-7-3-13(9-23)8-16(15)29)26-20(17)30(21(27)32)14-4-6-28(12-14)18(31)2-5-22/h3,7-8,10-11,14H,2,4,6,12H2,1H3. The van der Waals surface area contributed by atoms with E-state index in [1.165, 1.54) is 4.57 Å². The maximum Gasteiger partial charge on any atom is 0.330 e. The summed E-state index contributed by atoms with van der Waals surface area (Å²) in [7, 11) is 1.66. The van der Waals surface area contributed by atoms with Gasteiger partial charge >= 0.3 is 5.69 Å².